The van der Waals surface area contributed by atoms with Crippen molar-refractivity contribution in [2.75, 3.05) is 23.0 Å². The molecule has 0 aliphatic heterocycles. The van der Waals surface area contributed by atoms with Gasteiger partial charge in [-0.3, -0.25) is 20.2 Å². The summed E-state index contributed by atoms with van der Waals surface area (Å²) in [5.41, 5.74) is 4.92. The van der Waals surface area contributed by atoms with Crippen LogP contribution in [0.3, 0.4) is 0 Å². The van der Waals surface area contributed by atoms with Gasteiger partial charge in [0.25, 0.3) is 0 Å². The zero-order valence-electron chi connectivity index (χ0n) is 29.9. The molecule has 15 nitrogen and oxygen atoms in total. The number of nitrogens with zero attached hydrogens (tertiary/aromatic N) is 2. The van der Waals surface area contributed by atoms with E-state index in [1.807, 2.05) is 13.8 Å². The van der Waals surface area contributed by atoms with E-state index in [4.69, 9.17) is 15.2 Å². The number of ether oxygens (including phenoxy) is 2. The number of nitrogen functional groups attached to an aromatic ring is 1. The molecular weight excluding hydrogens is 733 g/mol. The summed E-state index contributed by atoms with van der Waals surface area (Å²) < 4.78 is 92.7. The van der Waals surface area contributed by atoms with Crippen LogP contribution in [-0.2, 0) is 29.5 Å². The average molecular weight is 774 g/mol. The molecule has 0 unspecified atom stereocenters. The maximum Gasteiger partial charge on any atom is 1.00 e. The van der Waals surface area contributed by atoms with Gasteiger partial charge in [0.2, 0.25) is 5.82 Å². The topological polar surface area (TPSA) is 233 Å². The van der Waals surface area contributed by atoms with E-state index in [1.54, 1.807) is 26.8 Å². The number of anilines is 1. The van der Waals surface area contributed by atoms with Gasteiger partial charge in [0, 0.05) is 12.1 Å². The van der Waals surface area contributed by atoms with E-state index < -0.39 is 50.9 Å². The van der Waals surface area contributed by atoms with Gasteiger partial charge in [-0.15, -0.1) is 0 Å². The van der Waals surface area contributed by atoms with Crippen molar-refractivity contribution in [3.05, 3.63) is 80.6 Å². The van der Waals surface area contributed by atoms with E-state index in [0.717, 1.165) is 24.3 Å². The van der Waals surface area contributed by atoms with E-state index in [2.05, 4.69) is 0 Å². The maximum absolute atomic E-state index is 12.9. The third-order valence-electron chi connectivity index (χ3n) is 6.17. The van der Waals surface area contributed by atoms with Crippen LogP contribution in [-0.4, -0.2) is 64.6 Å². The van der Waals surface area contributed by atoms with Gasteiger partial charge in [-0.25, -0.2) is 25.3 Å². The Balaban J connectivity index is 0. The summed E-state index contributed by atoms with van der Waals surface area (Å²) in [6, 6.07) is 10.8. The van der Waals surface area contributed by atoms with Crippen LogP contribution < -0.4 is 44.8 Å². The standard InChI is InChI=1S/C11H15NO5S.C11H17NO3S.C8H8FNO4S.Na.H/c1-4-18(15,16)9-5-6-11(17-8(2)3)10(7-9)12(13)14;1-4-16(13,14)9-5-6-11(10(12)7-9)15-8(2)3;1-2-15(13,14)6-3-4-7(9)8(5-6)10(11)12;;/h5-8H,4H2,1-3H3;5-8H,4,12H2,1-3H3;3-5H,2H2,1H3;;/q;;;+1;-1. The van der Waals surface area contributed by atoms with Gasteiger partial charge in [0.05, 0.1) is 59.7 Å². The fourth-order valence-electron chi connectivity index (χ4n) is 3.59. The van der Waals surface area contributed by atoms with Crippen LogP contribution in [0.15, 0.2) is 69.3 Å². The first-order valence-corrected chi connectivity index (χ1v) is 19.6. The van der Waals surface area contributed by atoms with E-state index in [1.165, 1.54) is 38.1 Å². The average Bonchev–Trinajstić information content (AvgIpc) is 3.02. The molecule has 3 aromatic carbocycles. The van der Waals surface area contributed by atoms with Crippen molar-refractivity contribution >= 4 is 46.6 Å². The summed E-state index contributed by atoms with van der Waals surface area (Å²) >= 11 is 0. The summed E-state index contributed by atoms with van der Waals surface area (Å²) in [5, 5.41) is 21.3. The Labute approximate surface area is 315 Å². The zero-order chi connectivity index (χ0) is 37.9. The molecule has 0 atom stereocenters. The molecule has 0 aliphatic carbocycles. The van der Waals surface area contributed by atoms with Crippen LogP contribution in [0.4, 0.5) is 21.5 Å². The largest absolute Gasteiger partial charge is 1.00 e. The van der Waals surface area contributed by atoms with E-state index >= 15 is 0 Å². The first-order valence-electron chi connectivity index (χ1n) is 14.7. The molecule has 0 fully saturated rings. The van der Waals surface area contributed by atoms with Crippen LogP contribution in [0.25, 0.3) is 0 Å². The summed E-state index contributed by atoms with van der Waals surface area (Å²) in [5.74, 6) is -0.675. The molecule has 0 aliphatic rings. The van der Waals surface area contributed by atoms with E-state index in [0.29, 0.717) is 11.4 Å². The second-order valence-corrected chi connectivity index (χ2v) is 17.3. The molecule has 3 aromatic rings. The quantitative estimate of drug-likeness (QED) is 0.0918. The van der Waals surface area contributed by atoms with Crippen molar-refractivity contribution in [1.82, 2.24) is 0 Å². The fourth-order valence-corrected chi connectivity index (χ4v) is 6.31. The molecule has 0 saturated carbocycles. The first-order chi connectivity index (χ1) is 22.5. The fraction of sp³-hybridized carbons (Fsp3) is 0.400. The zero-order valence-corrected chi connectivity index (χ0v) is 33.4. The third kappa shape index (κ3) is 13.7. The normalized spacial score (nSPS) is 11.3. The van der Waals surface area contributed by atoms with Crippen LogP contribution in [0.5, 0.6) is 11.5 Å². The molecule has 0 saturated heterocycles. The summed E-state index contributed by atoms with van der Waals surface area (Å²) in [7, 11) is -10.2. The Morgan fingerprint density at radius 1 is 0.660 bits per heavy atom. The Bertz CT molecular complexity index is 1980. The Hall–Kier alpha value is -3.36. The van der Waals surface area contributed by atoms with Crippen molar-refractivity contribution in [3.8, 4) is 11.5 Å². The molecule has 274 valence electrons. The van der Waals surface area contributed by atoms with Gasteiger partial charge < -0.3 is 16.6 Å². The Morgan fingerprint density at radius 2 is 1.00 bits per heavy atom. The molecule has 0 bridgehead atoms. The minimum Gasteiger partial charge on any atom is -1.00 e. The predicted octanol–water partition coefficient (Wildman–Crippen LogP) is 2.67. The van der Waals surface area contributed by atoms with Crippen molar-refractivity contribution in [3.63, 3.8) is 0 Å². The van der Waals surface area contributed by atoms with Gasteiger partial charge in [-0.1, -0.05) is 20.8 Å². The van der Waals surface area contributed by atoms with Gasteiger partial charge in [0.1, 0.15) is 5.75 Å². The number of sulfone groups is 3. The number of halogens is 1. The SMILES string of the molecule is CCS(=O)(=O)c1ccc(F)c([N+](=O)[O-])c1.CCS(=O)(=O)c1ccc(OC(C)C)c(N)c1.CCS(=O)(=O)c1ccc(OC(C)C)c([N+](=O)[O-])c1.[H-].[Na+]. The Morgan fingerprint density at radius 3 is 1.36 bits per heavy atom. The number of rotatable bonds is 12. The molecule has 0 radical (unpaired) electrons. The molecule has 2 N–H and O–H groups in total. The number of nitro groups is 2. The van der Waals surface area contributed by atoms with Crippen LogP contribution in [0.1, 0.15) is 49.9 Å². The minimum absolute atomic E-state index is 0. The van der Waals surface area contributed by atoms with Crippen LogP contribution in [0.2, 0.25) is 0 Å². The minimum atomic E-state index is -3.54. The molecule has 20 heteroatoms. The van der Waals surface area contributed by atoms with Crippen molar-refractivity contribution in [2.24, 2.45) is 0 Å². The monoisotopic (exact) mass is 773 g/mol. The molecule has 0 spiro atoms. The van der Waals surface area contributed by atoms with Crippen molar-refractivity contribution in [1.29, 1.82) is 0 Å². The molecule has 50 heavy (non-hydrogen) atoms. The molecular formula is C30H41FN3NaO12S3. The number of nitro benzene ring substituents is 2. The second-order valence-electron chi connectivity index (χ2n) is 10.5. The number of benzene rings is 3. The molecule has 0 amide bonds. The number of hydrogen-bond donors (Lipinski definition) is 1. The van der Waals surface area contributed by atoms with Gasteiger partial charge in [0.15, 0.2) is 35.3 Å². The number of nitrogens with two attached hydrogens (primary N) is 1. The van der Waals surface area contributed by atoms with Crippen molar-refractivity contribution in [2.45, 2.75) is 75.4 Å². The molecule has 3 rings (SSSR count). The maximum atomic E-state index is 12.9. The third-order valence-corrected chi connectivity index (χ3v) is 11.4. The smallest absolute Gasteiger partial charge is 1.00 e. The van der Waals surface area contributed by atoms with Gasteiger partial charge >= 0.3 is 40.9 Å². The van der Waals surface area contributed by atoms with E-state index in [-0.39, 0.29) is 86.6 Å². The summed E-state index contributed by atoms with van der Waals surface area (Å²) in [4.78, 5) is 19.6. The van der Waals surface area contributed by atoms with E-state index in [9.17, 15) is 49.9 Å². The van der Waals surface area contributed by atoms with Gasteiger partial charge in [-0.05, 0) is 70.2 Å². The molecule has 0 aromatic heterocycles. The summed E-state index contributed by atoms with van der Waals surface area (Å²) in [6.45, 7) is 11.7. The first kappa shape index (κ1) is 46.6. The second kappa shape index (κ2) is 19.9. The molecule has 0 heterocycles. The van der Waals surface area contributed by atoms with Crippen LogP contribution >= 0.6 is 0 Å². The number of hydrogen-bond acceptors (Lipinski definition) is 13. The van der Waals surface area contributed by atoms with Gasteiger partial charge in [-0.2, -0.15) is 4.39 Å². The summed E-state index contributed by atoms with van der Waals surface area (Å²) in [6.07, 6.45) is -0.215. The predicted molar refractivity (Wildman–Crippen MR) is 183 cm³/mol. The van der Waals surface area contributed by atoms with Crippen molar-refractivity contribution < 1.29 is 79.9 Å². The Kier molecular flexibility index (Phi) is 18.5. The van der Waals surface area contributed by atoms with Crippen LogP contribution in [0, 0.1) is 26.0 Å².